The number of nitrogens with one attached hydrogen (secondary N) is 2. The number of amides is 2. The summed E-state index contributed by atoms with van der Waals surface area (Å²) in [5, 5.41) is 3.95. The lowest BCUT2D eigenvalue weighted by molar-refractivity contribution is -0.173. The Morgan fingerprint density at radius 2 is 1.67 bits per heavy atom. The third kappa shape index (κ3) is 6.98. The van der Waals surface area contributed by atoms with Crippen LogP contribution in [0.5, 0.6) is 5.75 Å². The van der Waals surface area contributed by atoms with Crippen molar-refractivity contribution in [3.8, 4) is 5.75 Å². The van der Waals surface area contributed by atoms with Crippen LogP contribution in [0.25, 0.3) is 0 Å². The maximum absolute atomic E-state index is 11.8. The molecule has 2 N–H and O–H groups in total. The van der Waals surface area contributed by atoms with Gasteiger partial charge in [-0.15, -0.1) is 0 Å². The summed E-state index contributed by atoms with van der Waals surface area (Å²) in [6, 6.07) is 6.78. The second-order valence-corrected chi connectivity index (χ2v) is 4.76. The van der Waals surface area contributed by atoms with Crippen LogP contribution < -0.4 is 15.4 Å². The first kappa shape index (κ1) is 17.3. The van der Waals surface area contributed by atoms with Crippen LogP contribution in [0.4, 0.5) is 13.2 Å². The van der Waals surface area contributed by atoms with Crippen LogP contribution >= 0.6 is 15.9 Å². The minimum Gasteiger partial charge on any atom is -0.484 e. The van der Waals surface area contributed by atoms with Crippen molar-refractivity contribution in [3.63, 3.8) is 0 Å². The molecule has 5 nitrogen and oxygen atoms in total. The summed E-state index contributed by atoms with van der Waals surface area (Å²) >= 11 is 3.24. The average molecular weight is 369 g/mol. The standard InChI is InChI=1S/C12H12BrF3N2O3/c13-8-1-3-9(4-2-8)21-7-10(19)17-5-6-18-11(20)12(14,15)16/h1-4H,5-7H2,(H,17,19)(H,18,20). The molecule has 1 aromatic carbocycles. The van der Waals surface area contributed by atoms with E-state index in [2.05, 4.69) is 21.2 Å². The molecule has 1 aromatic rings. The Kier molecular flexibility index (Phi) is 6.47. The van der Waals surface area contributed by atoms with Gasteiger partial charge in [-0.3, -0.25) is 9.59 Å². The minimum absolute atomic E-state index is 0.121. The van der Waals surface area contributed by atoms with Crippen LogP contribution in [0.2, 0.25) is 0 Å². The molecule has 1 rings (SSSR count). The normalized spacial score (nSPS) is 10.9. The summed E-state index contributed by atoms with van der Waals surface area (Å²) in [6.45, 7) is -0.707. The van der Waals surface area contributed by atoms with E-state index in [1.165, 1.54) is 0 Å². The van der Waals surface area contributed by atoms with Gasteiger partial charge in [0, 0.05) is 17.6 Å². The highest BCUT2D eigenvalue weighted by molar-refractivity contribution is 9.10. The number of hydrogen-bond donors (Lipinski definition) is 2. The minimum atomic E-state index is -4.92. The molecule has 0 unspecified atom stereocenters. The van der Waals surface area contributed by atoms with Gasteiger partial charge in [0.15, 0.2) is 6.61 Å². The summed E-state index contributed by atoms with van der Waals surface area (Å²) in [7, 11) is 0. The average Bonchev–Trinajstić information content (AvgIpc) is 2.41. The Morgan fingerprint density at radius 1 is 1.10 bits per heavy atom. The Bertz CT molecular complexity index is 492. The van der Waals surface area contributed by atoms with Gasteiger partial charge in [-0.1, -0.05) is 15.9 Å². The van der Waals surface area contributed by atoms with E-state index in [1.54, 1.807) is 29.6 Å². The van der Waals surface area contributed by atoms with Crippen LogP contribution in [-0.4, -0.2) is 37.7 Å². The summed E-state index contributed by atoms with van der Waals surface area (Å²) in [6.07, 6.45) is -4.92. The molecule has 21 heavy (non-hydrogen) atoms. The van der Waals surface area contributed by atoms with Crippen molar-refractivity contribution in [3.05, 3.63) is 28.7 Å². The highest BCUT2D eigenvalue weighted by Gasteiger charge is 2.38. The Hall–Kier alpha value is -1.77. The van der Waals surface area contributed by atoms with E-state index in [-0.39, 0.29) is 19.7 Å². The highest BCUT2D eigenvalue weighted by Crippen LogP contribution is 2.15. The van der Waals surface area contributed by atoms with Gasteiger partial charge in [0.1, 0.15) is 5.75 Å². The molecule has 0 heterocycles. The molecule has 0 fully saturated rings. The zero-order valence-electron chi connectivity index (χ0n) is 10.7. The smallest absolute Gasteiger partial charge is 0.471 e. The first-order valence-corrected chi connectivity index (χ1v) is 6.58. The molecule has 9 heteroatoms. The number of carbonyl (C=O) groups excluding carboxylic acids is 2. The summed E-state index contributed by atoms with van der Waals surface area (Å²) in [5.41, 5.74) is 0. The van der Waals surface area contributed by atoms with E-state index in [0.29, 0.717) is 5.75 Å². The van der Waals surface area contributed by atoms with Gasteiger partial charge in [-0.25, -0.2) is 0 Å². The van der Waals surface area contributed by atoms with E-state index in [0.717, 1.165) is 4.47 Å². The highest BCUT2D eigenvalue weighted by atomic mass is 79.9. The Morgan fingerprint density at radius 3 is 2.24 bits per heavy atom. The summed E-state index contributed by atoms with van der Waals surface area (Å²) in [4.78, 5) is 21.8. The van der Waals surface area contributed by atoms with Crippen molar-refractivity contribution in [2.45, 2.75) is 6.18 Å². The van der Waals surface area contributed by atoms with Crippen LogP contribution in [0.1, 0.15) is 0 Å². The van der Waals surface area contributed by atoms with Crippen LogP contribution in [0.3, 0.4) is 0 Å². The number of hydrogen-bond acceptors (Lipinski definition) is 3. The van der Waals surface area contributed by atoms with E-state index < -0.39 is 18.0 Å². The predicted octanol–water partition coefficient (Wildman–Crippen LogP) is 1.62. The van der Waals surface area contributed by atoms with Gasteiger partial charge in [0.2, 0.25) is 0 Å². The molecule has 2 amide bonds. The number of alkyl halides is 3. The van der Waals surface area contributed by atoms with Crippen molar-refractivity contribution in [2.75, 3.05) is 19.7 Å². The Balaban J connectivity index is 2.17. The molecule has 0 saturated heterocycles. The second-order valence-electron chi connectivity index (χ2n) is 3.85. The maximum Gasteiger partial charge on any atom is 0.471 e. The van der Waals surface area contributed by atoms with E-state index >= 15 is 0 Å². The van der Waals surface area contributed by atoms with E-state index in [4.69, 9.17) is 4.74 Å². The fourth-order valence-electron chi connectivity index (χ4n) is 1.21. The molecular formula is C12H12BrF3N2O3. The molecule has 0 aliphatic heterocycles. The molecule has 0 radical (unpaired) electrons. The predicted molar refractivity (Wildman–Crippen MR) is 71.7 cm³/mol. The van der Waals surface area contributed by atoms with Gasteiger partial charge >= 0.3 is 12.1 Å². The van der Waals surface area contributed by atoms with Crippen LogP contribution in [-0.2, 0) is 9.59 Å². The third-order valence-corrected chi connectivity index (χ3v) is 2.70. The molecule has 0 aliphatic carbocycles. The molecule has 0 aromatic heterocycles. The zero-order chi connectivity index (χ0) is 15.9. The third-order valence-electron chi connectivity index (χ3n) is 2.17. The first-order chi connectivity index (χ1) is 9.79. The van der Waals surface area contributed by atoms with Gasteiger partial charge < -0.3 is 15.4 Å². The monoisotopic (exact) mass is 368 g/mol. The van der Waals surface area contributed by atoms with Gasteiger partial charge in [0.05, 0.1) is 0 Å². The zero-order valence-corrected chi connectivity index (χ0v) is 12.3. The number of rotatable bonds is 6. The van der Waals surface area contributed by atoms with E-state index in [9.17, 15) is 22.8 Å². The Labute approximate surface area is 127 Å². The van der Waals surface area contributed by atoms with Crippen LogP contribution in [0.15, 0.2) is 28.7 Å². The molecule has 116 valence electrons. The fourth-order valence-corrected chi connectivity index (χ4v) is 1.47. The van der Waals surface area contributed by atoms with Crippen LogP contribution in [0, 0.1) is 0 Å². The first-order valence-electron chi connectivity index (χ1n) is 5.79. The van der Waals surface area contributed by atoms with Crippen molar-refractivity contribution in [1.29, 1.82) is 0 Å². The molecule has 0 spiro atoms. The number of ether oxygens (including phenoxy) is 1. The van der Waals surface area contributed by atoms with Crippen molar-refractivity contribution in [2.24, 2.45) is 0 Å². The second kappa shape index (κ2) is 7.87. The molecular weight excluding hydrogens is 357 g/mol. The quantitative estimate of drug-likeness (QED) is 0.749. The lowest BCUT2D eigenvalue weighted by Crippen LogP contribution is -2.41. The van der Waals surface area contributed by atoms with Gasteiger partial charge in [-0.05, 0) is 24.3 Å². The topological polar surface area (TPSA) is 67.4 Å². The lowest BCUT2D eigenvalue weighted by Gasteiger charge is -2.09. The number of carbonyl (C=O) groups is 2. The molecule has 0 saturated carbocycles. The van der Waals surface area contributed by atoms with Gasteiger partial charge in [-0.2, -0.15) is 13.2 Å². The summed E-state index contributed by atoms with van der Waals surface area (Å²) < 4.78 is 41.6. The SMILES string of the molecule is O=C(COc1ccc(Br)cc1)NCCNC(=O)C(F)(F)F. The lowest BCUT2D eigenvalue weighted by atomic mass is 10.3. The molecule has 0 atom stereocenters. The van der Waals surface area contributed by atoms with Crippen molar-refractivity contribution in [1.82, 2.24) is 10.6 Å². The maximum atomic E-state index is 11.8. The number of benzene rings is 1. The van der Waals surface area contributed by atoms with Crippen molar-refractivity contribution >= 4 is 27.7 Å². The fraction of sp³-hybridized carbons (Fsp3) is 0.333. The molecule has 0 bridgehead atoms. The summed E-state index contributed by atoms with van der Waals surface area (Å²) in [5.74, 6) is -2.05. The largest absolute Gasteiger partial charge is 0.484 e. The van der Waals surface area contributed by atoms with Gasteiger partial charge in [0.25, 0.3) is 5.91 Å². The van der Waals surface area contributed by atoms with Crippen molar-refractivity contribution < 1.29 is 27.5 Å². The van der Waals surface area contributed by atoms with E-state index in [1.807, 2.05) is 0 Å². The molecule has 0 aliphatic rings. The number of halogens is 4.